The Hall–Kier alpha value is -0.610. The number of rotatable bonds is 9. The highest BCUT2D eigenvalue weighted by molar-refractivity contribution is 5.73. The summed E-state index contributed by atoms with van der Waals surface area (Å²) in [4.78, 5) is 10.5. The number of primary amides is 1. The highest BCUT2D eigenvalue weighted by Gasteiger charge is 2.11. The van der Waals surface area contributed by atoms with Crippen molar-refractivity contribution in [3.63, 3.8) is 0 Å². The van der Waals surface area contributed by atoms with Gasteiger partial charge in [-0.15, -0.1) is 0 Å². The van der Waals surface area contributed by atoms with Crippen molar-refractivity contribution in [1.82, 2.24) is 10.6 Å². The van der Waals surface area contributed by atoms with Gasteiger partial charge in [0.15, 0.2) is 0 Å². The largest absolute Gasteiger partial charge is 0.370 e. The van der Waals surface area contributed by atoms with E-state index in [1.807, 2.05) is 0 Å². The fourth-order valence-electron chi connectivity index (χ4n) is 2.34. The Morgan fingerprint density at radius 2 is 1.76 bits per heavy atom. The number of amides is 1. The second-order valence-electron chi connectivity index (χ2n) is 4.96. The third-order valence-electron chi connectivity index (χ3n) is 3.35. The van der Waals surface area contributed by atoms with Gasteiger partial charge >= 0.3 is 0 Å². The summed E-state index contributed by atoms with van der Waals surface area (Å²) in [5.74, 6) is -0.203. The van der Waals surface area contributed by atoms with Crippen LogP contribution in [-0.2, 0) is 4.79 Å². The summed E-state index contributed by atoms with van der Waals surface area (Å²) < 4.78 is 0. The van der Waals surface area contributed by atoms with Gasteiger partial charge in [0.25, 0.3) is 0 Å². The molecule has 1 aliphatic carbocycles. The molecule has 0 unspecified atom stereocenters. The van der Waals surface area contributed by atoms with Crippen LogP contribution in [0.2, 0.25) is 0 Å². The monoisotopic (exact) mass is 241 g/mol. The van der Waals surface area contributed by atoms with Crippen LogP contribution < -0.4 is 16.4 Å². The molecule has 17 heavy (non-hydrogen) atoms. The van der Waals surface area contributed by atoms with E-state index in [0.29, 0.717) is 6.42 Å². The van der Waals surface area contributed by atoms with Crippen molar-refractivity contribution < 1.29 is 4.79 Å². The topological polar surface area (TPSA) is 67.2 Å². The lowest BCUT2D eigenvalue weighted by molar-refractivity contribution is -0.118. The zero-order valence-electron chi connectivity index (χ0n) is 10.8. The van der Waals surface area contributed by atoms with Crippen LogP contribution in [0.5, 0.6) is 0 Å². The van der Waals surface area contributed by atoms with Crippen LogP contribution in [0.3, 0.4) is 0 Å². The average molecular weight is 241 g/mol. The van der Waals surface area contributed by atoms with Gasteiger partial charge in [0, 0.05) is 12.5 Å². The first-order chi connectivity index (χ1) is 8.29. The summed E-state index contributed by atoms with van der Waals surface area (Å²) in [6.07, 6.45) is 9.41. The average Bonchev–Trinajstić information content (AvgIpc) is 2.33. The quantitative estimate of drug-likeness (QED) is 0.531. The van der Waals surface area contributed by atoms with Crippen LogP contribution >= 0.6 is 0 Å². The predicted molar refractivity (Wildman–Crippen MR) is 70.8 cm³/mol. The molecule has 1 rings (SSSR count). The molecule has 4 nitrogen and oxygen atoms in total. The van der Waals surface area contributed by atoms with Gasteiger partial charge in [-0.25, -0.2) is 0 Å². The summed E-state index contributed by atoms with van der Waals surface area (Å²) in [7, 11) is 0. The summed E-state index contributed by atoms with van der Waals surface area (Å²) in [5.41, 5.74) is 5.06. The molecule has 0 bridgehead atoms. The molecule has 0 spiro atoms. The first kappa shape index (κ1) is 14.5. The van der Waals surface area contributed by atoms with Gasteiger partial charge in [0.05, 0.1) is 0 Å². The van der Waals surface area contributed by atoms with Crippen LogP contribution in [0.4, 0.5) is 0 Å². The molecular formula is C13H27N3O. The van der Waals surface area contributed by atoms with Crippen molar-refractivity contribution in [3.05, 3.63) is 0 Å². The number of nitrogens with one attached hydrogen (secondary N) is 2. The molecule has 4 heteroatoms. The maximum absolute atomic E-state index is 10.5. The van der Waals surface area contributed by atoms with Crippen molar-refractivity contribution in [2.75, 3.05) is 19.6 Å². The number of carbonyl (C=O) groups is 1. The van der Waals surface area contributed by atoms with Gasteiger partial charge in [-0.1, -0.05) is 19.3 Å². The van der Waals surface area contributed by atoms with Gasteiger partial charge in [-0.3, -0.25) is 4.79 Å². The van der Waals surface area contributed by atoms with E-state index in [1.165, 1.54) is 32.1 Å². The molecule has 100 valence electrons. The van der Waals surface area contributed by atoms with E-state index >= 15 is 0 Å². The summed E-state index contributed by atoms with van der Waals surface area (Å²) in [6, 6.07) is 0.763. The maximum Gasteiger partial charge on any atom is 0.217 e. The Morgan fingerprint density at radius 3 is 2.47 bits per heavy atom. The Labute approximate surface area is 105 Å². The normalized spacial score (nSPS) is 17.2. The van der Waals surface area contributed by atoms with E-state index in [0.717, 1.165) is 38.5 Å². The Morgan fingerprint density at radius 1 is 1.06 bits per heavy atom. The SMILES string of the molecule is NC(=O)CCCNCCCNC1CCCCC1. The first-order valence-corrected chi connectivity index (χ1v) is 7.01. The van der Waals surface area contributed by atoms with Gasteiger partial charge in [-0.2, -0.15) is 0 Å². The molecule has 1 saturated carbocycles. The van der Waals surface area contributed by atoms with Crippen LogP contribution in [0.1, 0.15) is 51.4 Å². The fourth-order valence-corrected chi connectivity index (χ4v) is 2.34. The van der Waals surface area contributed by atoms with E-state index in [2.05, 4.69) is 10.6 Å². The molecule has 4 N–H and O–H groups in total. The van der Waals surface area contributed by atoms with E-state index in [-0.39, 0.29) is 5.91 Å². The molecular weight excluding hydrogens is 214 g/mol. The summed E-state index contributed by atoms with van der Waals surface area (Å²) >= 11 is 0. The van der Waals surface area contributed by atoms with Gasteiger partial charge in [0.1, 0.15) is 0 Å². The van der Waals surface area contributed by atoms with Crippen LogP contribution in [0, 0.1) is 0 Å². The van der Waals surface area contributed by atoms with Crippen molar-refractivity contribution in [1.29, 1.82) is 0 Å². The lowest BCUT2D eigenvalue weighted by Crippen LogP contribution is -2.33. The first-order valence-electron chi connectivity index (χ1n) is 7.01. The highest BCUT2D eigenvalue weighted by Crippen LogP contribution is 2.16. The van der Waals surface area contributed by atoms with E-state index in [1.54, 1.807) is 0 Å². The van der Waals surface area contributed by atoms with E-state index in [4.69, 9.17) is 5.73 Å². The zero-order valence-corrected chi connectivity index (χ0v) is 10.8. The smallest absolute Gasteiger partial charge is 0.217 e. The molecule has 0 aromatic rings. The Bertz CT molecular complexity index is 203. The molecule has 0 aromatic heterocycles. The molecule has 0 saturated heterocycles. The molecule has 0 heterocycles. The molecule has 0 aromatic carbocycles. The van der Waals surface area contributed by atoms with Crippen molar-refractivity contribution >= 4 is 5.91 Å². The molecule has 1 fully saturated rings. The number of nitrogens with two attached hydrogens (primary N) is 1. The highest BCUT2D eigenvalue weighted by atomic mass is 16.1. The maximum atomic E-state index is 10.5. The predicted octanol–water partition coefficient (Wildman–Crippen LogP) is 1.15. The second kappa shape index (κ2) is 9.42. The molecule has 0 radical (unpaired) electrons. The minimum Gasteiger partial charge on any atom is -0.370 e. The second-order valence-corrected chi connectivity index (χ2v) is 4.96. The standard InChI is InChI=1S/C13H27N3O/c14-13(17)8-4-9-15-10-5-11-16-12-6-2-1-3-7-12/h12,15-16H,1-11H2,(H2,14,17). The van der Waals surface area contributed by atoms with Crippen LogP contribution in [0.25, 0.3) is 0 Å². The van der Waals surface area contributed by atoms with Crippen LogP contribution in [-0.4, -0.2) is 31.6 Å². The van der Waals surface area contributed by atoms with Crippen molar-refractivity contribution in [2.45, 2.75) is 57.4 Å². The van der Waals surface area contributed by atoms with Gasteiger partial charge in [-0.05, 0) is 45.3 Å². The van der Waals surface area contributed by atoms with Crippen molar-refractivity contribution in [3.8, 4) is 0 Å². The molecule has 0 atom stereocenters. The lowest BCUT2D eigenvalue weighted by atomic mass is 9.95. The van der Waals surface area contributed by atoms with Crippen molar-refractivity contribution in [2.24, 2.45) is 5.73 Å². The number of hydrogen-bond acceptors (Lipinski definition) is 3. The van der Waals surface area contributed by atoms with E-state index < -0.39 is 0 Å². The third-order valence-corrected chi connectivity index (χ3v) is 3.35. The zero-order chi connectivity index (χ0) is 12.3. The number of carbonyl (C=O) groups excluding carboxylic acids is 1. The summed E-state index contributed by atoms with van der Waals surface area (Å²) in [5, 5.41) is 6.95. The lowest BCUT2D eigenvalue weighted by Gasteiger charge is -2.22. The minimum atomic E-state index is -0.203. The summed E-state index contributed by atoms with van der Waals surface area (Å²) in [6.45, 7) is 3.03. The molecule has 1 amide bonds. The van der Waals surface area contributed by atoms with Gasteiger partial charge < -0.3 is 16.4 Å². The fraction of sp³-hybridized carbons (Fsp3) is 0.923. The Balaban J connectivity index is 1.79. The van der Waals surface area contributed by atoms with Crippen LogP contribution in [0.15, 0.2) is 0 Å². The number of hydrogen-bond donors (Lipinski definition) is 3. The molecule has 0 aliphatic heterocycles. The van der Waals surface area contributed by atoms with E-state index in [9.17, 15) is 4.79 Å². The molecule has 1 aliphatic rings. The third kappa shape index (κ3) is 8.16. The van der Waals surface area contributed by atoms with Gasteiger partial charge in [0.2, 0.25) is 5.91 Å². The minimum absolute atomic E-state index is 0.203. The Kier molecular flexibility index (Phi) is 8.01.